The molecule has 0 spiro atoms. The van der Waals surface area contributed by atoms with Gasteiger partial charge in [-0.05, 0) is 43.4 Å². The lowest BCUT2D eigenvalue weighted by molar-refractivity contribution is 0.169. The lowest BCUT2D eigenvalue weighted by Crippen LogP contribution is -2.30. The van der Waals surface area contributed by atoms with Crippen LogP contribution in [0.25, 0.3) is 0 Å². The highest BCUT2D eigenvalue weighted by Crippen LogP contribution is 2.22. The number of hydrogen-bond acceptors (Lipinski definition) is 2. The van der Waals surface area contributed by atoms with Crippen LogP contribution in [0.15, 0.2) is 18.2 Å². The molecule has 1 aromatic carbocycles. The van der Waals surface area contributed by atoms with Crippen molar-refractivity contribution in [1.29, 1.82) is 0 Å². The maximum Gasteiger partial charge on any atom is 0.0917 e. The number of aliphatic hydroxyl groups excluding tert-OH is 1. The van der Waals surface area contributed by atoms with Crippen LogP contribution >= 0.6 is 0 Å². The van der Waals surface area contributed by atoms with Crippen LogP contribution in [0.2, 0.25) is 0 Å². The Morgan fingerprint density at radius 3 is 2.71 bits per heavy atom. The van der Waals surface area contributed by atoms with Crippen molar-refractivity contribution in [3.05, 3.63) is 34.9 Å². The lowest BCUT2D eigenvalue weighted by atomic mass is 9.99. The zero-order valence-electron chi connectivity index (χ0n) is 10.9. The smallest absolute Gasteiger partial charge is 0.0917 e. The Balaban J connectivity index is 1.94. The second kappa shape index (κ2) is 5.65. The van der Waals surface area contributed by atoms with Gasteiger partial charge in [0.05, 0.1) is 6.10 Å². The average molecular weight is 233 g/mol. The van der Waals surface area contributed by atoms with Crippen LogP contribution in [-0.4, -0.2) is 17.7 Å². The highest BCUT2D eigenvalue weighted by Gasteiger charge is 2.17. The van der Waals surface area contributed by atoms with E-state index in [2.05, 4.69) is 25.2 Å². The first-order chi connectivity index (χ1) is 8.18. The molecule has 0 aromatic heterocycles. The van der Waals surface area contributed by atoms with Crippen LogP contribution in [0, 0.1) is 13.8 Å². The Kier molecular flexibility index (Phi) is 4.19. The lowest BCUT2D eigenvalue weighted by Gasteiger charge is -2.18. The standard InChI is InChI=1S/C15H23NO/c1-11-6-5-9-14(12(11)2)15(17)10-16-13-7-3-4-8-13/h5-6,9,13,15-17H,3-4,7-8,10H2,1-2H3. The quantitative estimate of drug-likeness (QED) is 0.838. The molecule has 2 heteroatoms. The number of hydrogen-bond donors (Lipinski definition) is 2. The van der Waals surface area contributed by atoms with Crippen LogP contribution in [0.3, 0.4) is 0 Å². The number of aliphatic hydroxyl groups is 1. The molecule has 1 aliphatic carbocycles. The average Bonchev–Trinajstić information content (AvgIpc) is 2.82. The second-order valence-electron chi connectivity index (χ2n) is 5.19. The summed E-state index contributed by atoms with van der Waals surface area (Å²) in [4.78, 5) is 0. The van der Waals surface area contributed by atoms with Gasteiger partial charge in [-0.25, -0.2) is 0 Å². The summed E-state index contributed by atoms with van der Waals surface area (Å²) in [5, 5.41) is 13.7. The van der Waals surface area contributed by atoms with Crippen molar-refractivity contribution in [3.8, 4) is 0 Å². The van der Waals surface area contributed by atoms with Gasteiger partial charge in [0, 0.05) is 12.6 Å². The van der Waals surface area contributed by atoms with Gasteiger partial charge >= 0.3 is 0 Å². The molecule has 1 fully saturated rings. The molecule has 1 atom stereocenters. The van der Waals surface area contributed by atoms with Crippen LogP contribution in [0.5, 0.6) is 0 Å². The largest absolute Gasteiger partial charge is 0.387 e. The Hall–Kier alpha value is -0.860. The molecule has 0 amide bonds. The molecular weight excluding hydrogens is 210 g/mol. The van der Waals surface area contributed by atoms with Crippen LogP contribution in [0.1, 0.15) is 48.5 Å². The van der Waals surface area contributed by atoms with Crippen molar-refractivity contribution in [2.24, 2.45) is 0 Å². The van der Waals surface area contributed by atoms with E-state index in [-0.39, 0.29) is 6.10 Å². The van der Waals surface area contributed by atoms with Gasteiger partial charge in [0.2, 0.25) is 0 Å². The van der Waals surface area contributed by atoms with E-state index in [1.165, 1.54) is 36.8 Å². The minimum atomic E-state index is -0.379. The van der Waals surface area contributed by atoms with E-state index in [1.807, 2.05) is 12.1 Å². The van der Waals surface area contributed by atoms with E-state index in [0.29, 0.717) is 12.6 Å². The number of benzene rings is 1. The molecule has 0 aliphatic heterocycles. The van der Waals surface area contributed by atoms with E-state index in [1.54, 1.807) is 0 Å². The minimum absolute atomic E-state index is 0.379. The Bertz CT molecular complexity index is 369. The molecule has 0 heterocycles. The van der Waals surface area contributed by atoms with Crippen molar-refractivity contribution >= 4 is 0 Å². The van der Waals surface area contributed by atoms with Crippen molar-refractivity contribution < 1.29 is 5.11 Å². The van der Waals surface area contributed by atoms with Crippen molar-refractivity contribution in [1.82, 2.24) is 5.32 Å². The summed E-state index contributed by atoms with van der Waals surface area (Å²) in [6.45, 7) is 4.86. The number of aryl methyl sites for hydroxylation is 1. The maximum absolute atomic E-state index is 10.2. The first kappa shape index (κ1) is 12.6. The van der Waals surface area contributed by atoms with E-state index < -0.39 is 0 Å². The van der Waals surface area contributed by atoms with Crippen LogP contribution in [0.4, 0.5) is 0 Å². The summed E-state index contributed by atoms with van der Waals surface area (Å²) < 4.78 is 0. The molecule has 2 N–H and O–H groups in total. The molecule has 17 heavy (non-hydrogen) atoms. The Labute approximate surface area is 104 Å². The van der Waals surface area contributed by atoms with Crippen molar-refractivity contribution in [2.75, 3.05) is 6.54 Å². The molecule has 0 saturated heterocycles. The molecule has 0 bridgehead atoms. The molecule has 94 valence electrons. The molecule has 1 aliphatic rings. The monoisotopic (exact) mass is 233 g/mol. The Morgan fingerprint density at radius 1 is 1.29 bits per heavy atom. The fourth-order valence-electron chi connectivity index (χ4n) is 2.65. The summed E-state index contributed by atoms with van der Waals surface area (Å²) in [6.07, 6.45) is 4.81. The first-order valence-electron chi connectivity index (χ1n) is 6.66. The number of nitrogens with one attached hydrogen (secondary N) is 1. The second-order valence-corrected chi connectivity index (χ2v) is 5.19. The van der Waals surface area contributed by atoms with Crippen LogP contribution < -0.4 is 5.32 Å². The fourth-order valence-corrected chi connectivity index (χ4v) is 2.65. The third kappa shape index (κ3) is 3.08. The SMILES string of the molecule is Cc1cccc(C(O)CNC2CCCC2)c1C. The zero-order chi connectivity index (χ0) is 12.3. The normalized spacial score (nSPS) is 18.5. The van der Waals surface area contributed by atoms with Gasteiger partial charge in [0.15, 0.2) is 0 Å². The highest BCUT2D eigenvalue weighted by molar-refractivity contribution is 5.34. The van der Waals surface area contributed by atoms with E-state index in [4.69, 9.17) is 0 Å². The summed E-state index contributed by atoms with van der Waals surface area (Å²) in [7, 11) is 0. The summed E-state index contributed by atoms with van der Waals surface area (Å²) in [6, 6.07) is 6.77. The Morgan fingerprint density at radius 2 is 2.00 bits per heavy atom. The van der Waals surface area contributed by atoms with E-state index >= 15 is 0 Å². The van der Waals surface area contributed by atoms with Gasteiger partial charge in [0.25, 0.3) is 0 Å². The van der Waals surface area contributed by atoms with Crippen molar-refractivity contribution in [2.45, 2.75) is 51.7 Å². The van der Waals surface area contributed by atoms with Crippen molar-refractivity contribution in [3.63, 3.8) is 0 Å². The van der Waals surface area contributed by atoms with Gasteiger partial charge in [-0.1, -0.05) is 31.0 Å². The minimum Gasteiger partial charge on any atom is -0.387 e. The predicted molar refractivity (Wildman–Crippen MR) is 71.1 cm³/mol. The molecule has 2 rings (SSSR count). The number of rotatable bonds is 4. The fraction of sp³-hybridized carbons (Fsp3) is 0.600. The van der Waals surface area contributed by atoms with Gasteiger partial charge in [0.1, 0.15) is 0 Å². The molecule has 1 saturated carbocycles. The third-order valence-corrected chi connectivity index (χ3v) is 3.96. The molecule has 0 radical (unpaired) electrons. The third-order valence-electron chi connectivity index (χ3n) is 3.96. The molecule has 2 nitrogen and oxygen atoms in total. The molecular formula is C15H23NO. The molecule has 1 unspecified atom stereocenters. The van der Waals surface area contributed by atoms with Gasteiger partial charge in [-0.2, -0.15) is 0 Å². The summed E-state index contributed by atoms with van der Waals surface area (Å²) in [5.41, 5.74) is 3.53. The maximum atomic E-state index is 10.2. The first-order valence-corrected chi connectivity index (χ1v) is 6.66. The van der Waals surface area contributed by atoms with E-state index in [9.17, 15) is 5.11 Å². The van der Waals surface area contributed by atoms with Gasteiger partial charge in [-0.3, -0.25) is 0 Å². The topological polar surface area (TPSA) is 32.3 Å². The van der Waals surface area contributed by atoms with Gasteiger partial charge in [-0.15, -0.1) is 0 Å². The summed E-state index contributed by atoms with van der Waals surface area (Å²) >= 11 is 0. The molecule has 1 aromatic rings. The predicted octanol–water partition coefficient (Wildman–Crippen LogP) is 2.87. The summed E-state index contributed by atoms with van der Waals surface area (Å²) in [5.74, 6) is 0. The highest BCUT2D eigenvalue weighted by atomic mass is 16.3. The van der Waals surface area contributed by atoms with Crippen LogP contribution in [-0.2, 0) is 0 Å². The van der Waals surface area contributed by atoms with Gasteiger partial charge < -0.3 is 10.4 Å². The van der Waals surface area contributed by atoms with E-state index in [0.717, 1.165) is 5.56 Å². The zero-order valence-corrected chi connectivity index (χ0v) is 10.9.